The first-order chi connectivity index (χ1) is 19.9. The van der Waals surface area contributed by atoms with Gasteiger partial charge in [0.25, 0.3) is 5.91 Å². The van der Waals surface area contributed by atoms with Gasteiger partial charge in [-0.2, -0.15) is 4.98 Å². The van der Waals surface area contributed by atoms with E-state index in [0.717, 1.165) is 25.9 Å². The van der Waals surface area contributed by atoms with Crippen molar-refractivity contribution in [3.8, 4) is 17.3 Å². The zero-order valence-electron chi connectivity index (χ0n) is 23.0. The van der Waals surface area contributed by atoms with Crippen LogP contribution in [0.2, 0.25) is 0 Å². The van der Waals surface area contributed by atoms with Gasteiger partial charge in [0.2, 0.25) is 5.88 Å². The van der Waals surface area contributed by atoms with Gasteiger partial charge in [0, 0.05) is 37.7 Å². The molecule has 1 unspecified atom stereocenters. The van der Waals surface area contributed by atoms with Crippen LogP contribution in [0.4, 0.5) is 4.79 Å². The van der Waals surface area contributed by atoms with Crippen LogP contribution in [0.25, 0.3) is 11.4 Å². The molecule has 2 saturated heterocycles. The molecule has 220 valence electrons. The van der Waals surface area contributed by atoms with Crippen molar-refractivity contribution < 1.29 is 33.8 Å². The van der Waals surface area contributed by atoms with Crippen molar-refractivity contribution in [3.63, 3.8) is 0 Å². The zero-order chi connectivity index (χ0) is 29.2. The van der Waals surface area contributed by atoms with E-state index in [1.165, 1.54) is 11.0 Å². The third-order valence-electron chi connectivity index (χ3n) is 6.91. The Morgan fingerprint density at radius 3 is 2.56 bits per heavy atom. The average Bonchev–Trinajstić information content (AvgIpc) is 2.99. The summed E-state index contributed by atoms with van der Waals surface area (Å²) in [6, 6.07) is 8.42. The first-order valence-corrected chi connectivity index (χ1v) is 13.9. The van der Waals surface area contributed by atoms with Gasteiger partial charge in [0.1, 0.15) is 17.8 Å². The standard InChI is InChI=1S/C28H36N6O7/c1-2-40-28(39)34-15-14-30-17-22(34)25(37)20(8-9-24(35)36)32-27(38)21-16-23(41-19-10-12-29-13-11-19)33-26(31-21)18-6-4-3-5-7-18/h3-7,16,19-20,22,29-30H,2,8-15,17H2,1H3,(H,32,38)(H,35,36)/t20-,22?/m0/s1. The predicted octanol–water partition coefficient (Wildman–Crippen LogP) is 1.24. The summed E-state index contributed by atoms with van der Waals surface area (Å²) >= 11 is 0. The molecule has 3 heterocycles. The molecular weight excluding hydrogens is 532 g/mol. The monoisotopic (exact) mass is 568 g/mol. The summed E-state index contributed by atoms with van der Waals surface area (Å²) in [5.74, 6) is -1.79. The van der Waals surface area contributed by atoms with E-state index >= 15 is 0 Å². The maximum atomic E-state index is 13.7. The van der Waals surface area contributed by atoms with Crippen molar-refractivity contribution in [1.82, 2.24) is 30.8 Å². The van der Waals surface area contributed by atoms with Gasteiger partial charge in [-0.1, -0.05) is 30.3 Å². The number of benzene rings is 1. The number of amides is 2. The molecule has 41 heavy (non-hydrogen) atoms. The maximum absolute atomic E-state index is 13.7. The number of carboxylic acid groups (broad SMARTS) is 1. The minimum absolute atomic E-state index is 0.0278. The van der Waals surface area contributed by atoms with E-state index in [1.54, 1.807) is 6.92 Å². The molecule has 2 aliphatic heterocycles. The fourth-order valence-corrected chi connectivity index (χ4v) is 4.80. The minimum atomic E-state index is -1.19. The first kappa shape index (κ1) is 29.9. The van der Waals surface area contributed by atoms with E-state index in [9.17, 15) is 24.3 Å². The molecule has 4 N–H and O–H groups in total. The summed E-state index contributed by atoms with van der Waals surface area (Å²) in [5.41, 5.74) is 0.647. The smallest absolute Gasteiger partial charge is 0.410 e. The average molecular weight is 569 g/mol. The van der Waals surface area contributed by atoms with Crippen LogP contribution in [0.1, 0.15) is 43.1 Å². The number of ketones is 1. The van der Waals surface area contributed by atoms with Crippen LogP contribution in [0.5, 0.6) is 5.88 Å². The second-order valence-corrected chi connectivity index (χ2v) is 9.82. The van der Waals surface area contributed by atoms with Gasteiger partial charge in [0.05, 0.1) is 12.6 Å². The lowest BCUT2D eigenvalue weighted by atomic mass is 9.98. The first-order valence-electron chi connectivity index (χ1n) is 13.9. The number of aromatic nitrogens is 2. The minimum Gasteiger partial charge on any atom is -0.481 e. The van der Waals surface area contributed by atoms with Gasteiger partial charge in [-0.05, 0) is 39.3 Å². The Balaban J connectivity index is 1.60. The van der Waals surface area contributed by atoms with Crippen LogP contribution in [-0.4, -0.2) is 101 Å². The number of nitrogens with one attached hydrogen (secondary N) is 3. The maximum Gasteiger partial charge on any atom is 0.410 e. The van der Waals surface area contributed by atoms with E-state index in [-0.39, 0.29) is 56.0 Å². The Hall–Kier alpha value is -4.10. The Kier molecular flexibility index (Phi) is 10.6. The molecule has 1 aromatic heterocycles. The van der Waals surface area contributed by atoms with Crippen LogP contribution >= 0.6 is 0 Å². The largest absolute Gasteiger partial charge is 0.481 e. The molecule has 0 aliphatic carbocycles. The molecule has 4 rings (SSSR count). The summed E-state index contributed by atoms with van der Waals surface area (Å²) in [7, 11) is 0. The van der Waals surface area contributed by atoms with Crippen LogP contribution in [0.3, 0.4) is 0 Å². The Morgan fingerprint density at radius 2 is 1.85 bits per heavy atom. The van der Waals surface area contributed by atoms with E-state index in [2.05, 4.69) is 25.9 Å². The molecule has 2 aliphatic rings. The second-order valence-electron chi connectivity index (χ2n) is 9.82. The number of carbonyl (C=O) groups excluding carboxylic acids is 3. The molecule has 0 bridgehead atoms. The number of carbonyl (C=O) groups is 4. The quantitative estimate of drug-likeness (QED) is 0.307. The predicted molar refractivity (Wildman–Crippen MR) is 148 cm³/mol. The van der Waals surface area contributed by atoms with Crippen molar-refractivity contribution in [2.75, 3.05) is 39.3 Å². The highest BCUT2D eigenvalue weighted by Crippen LogP contribution is 2.22. The fourth-order valence-electron chi connectivity index (χ4n) is 4.80. The lowest BCUT2D eigenvalue weighted by Crippen LogP contribution is -2.61. The number of piperazine rings is 1. The highest BCUT2D eigenvalue weighted by molar-refractivity contribution is 5.99. The molecular formula is C28H36N6O7. The number of aliphatic carboxylic acids is 1. The number of hydrogen-bond donors (Lipinski definition) is 4. The lowest BCUT2D eigenvalue weighted by molar-refractivity contribution is -0.137. The summed E-state index contributed by atoms with van der Waals surface area (Å²) < 4.78 is 11.2. The van der Waals surface area contributed by atoms with Gasteiger partial charge in [0.15, 0.2) is 11.6 Å². The summed E-state index contributed by atoms with van der Waals surface area (Å²) in [4.78, 5) is 61.4. The van der Waals surface area contributed by atoms with Gasteiger partial charge in [-0.25, -0.2) is 9.78 Å². The molecule has 0 saturated carbocycles. The van der Waals surface area contributed by atoms with Crippen LogP contribution in [0.15, 0.2) is 36.4 Å². The highest BCUT2D eigenvalue weighted by atomic mass is 16.6. The second kappa shape index (κ2) is 14.5. The third kappa shape index (κ3) is 8.21. The molecule has 0 radical (unpaired) electrons. The van der Waals surface area contributed by atoms with Crippen molar-refractivity contribution in [3.05, 3.63) is 42.1 Å². The summed E-state index contributed by atoms with van der Waals surface area (Å²) in [5, 5.41) is 18.3. The van der Waals surface area contributed by atoms with Crippen LogP contribution in [0, 0.1) is 0 Å². The van der Waals surface area contributed by atoms with Gasteiger partial charge >= 0.3 is 12.1 Å². The molecule has 2 atom stereocenters. The topological polar surface area (TPSA) is 172 Å². The number of nitrogens with zero attached hydrogens (tertiary/aromatic N) is 3. The fraction of sp³-hybridized carbons (Fsp3) is 0.500. The van der Waals surface area contributed by atoms with Gasteiger partial charge in [-0.3, -0.25) is 19.3 Å². The van der Waals surface area contributed by atoms with Crippen molar-refractivity contribution in [1.29, 1.82) is 0 Å². The highest BCUT2D eigenvalue weighted by Gasteiger charge is 2.37. The zero-order valence-corrected chi connectivity index (χ0v) is 23.0. The van der Waals surface area contributed by atoms with Gasteiger partial charge < -0.3 is 30.5 Å². The lowest BCUT2D eigenvalue weighted by Gasteiger charge is -2.36. The number of piperidine rings is 1. The molecule has 2 fully saturated rings. The molecule has 2 amide bonds. The summed E-state index contributed by atoms with van der Waals surface area (Å²) in [6.45, 7) is 4.28. The SMILES string of the molecule is CCOC(=O)N1CCNCC1C(=O)[C@H](CCC(=O)O)NC(=O)c1cc(OC2CCNCC2)nc(-c2ccccc2)n1. The Bertz CT molecular complexity index is 1220. The van der Waals surface area contributed by atoms with Crippen molar-refractivity contribution >= 4 is 23.8 Å². The summed E-state index contributed by atoms with van der Waals surface area (Å²) in [6.07, 6.45) is 0.317. The van der Waals surface area contributed by atoms with Crippen LogP contribution < -0.4 is 20.7 Å². The van der Waals surface area contributed by atoms with E-state index < -0.39 is 35.8 Å². The van der Waals surface area contributed by atoms with E-state index in [1.807, 2.05) is 30.3 Å². The van der Waals surface area contributed by atoms with Crippen LogP contribution in [-0.2, 0) is 14.3 Å². The van der Waals surface area contributed by atoms with E-state index in [0.29, 0.717) is 12.1 Å². The Labute approximate surface area is 238 Å². The number of Topliss-reactive ketones (excluding diaryl/α,β-unsaturated/α-hetero) is 1. The molecule has 1 aromatic carbocycles. The molecule has 13 heteroatoms. The number of hydrogen-bond acceptors (Lipinski definition) is 10. The van der Waals surface area contributed by atoms with E-state index in [4.69, 9.17) is 9.47 Å². The van der Waals surface area contributed by atoms with Crippen molar-refractivity contribution in [2.24, 2.45) is 0 Å². The Morgan fingerprint density at radius 1 is 1.10 bits per heavy atom. The normalized spacial score (nSPS) is 18.3. The van der Waals surface area contributed by atoms with Gasteiger partial charge in [-0.15, -0.1) is 0 Å². The molecule has 2 aromatic rings. The number of ether oxygens (including phenoxy) is 2. The number of carboxylic acids is 1. The molecule has 13 nitrogen and oxygen atoms in total. The molecule has 0 spiro atoms. The number of rotatable bonds is 11. The van der Waals surface area contributed by atoms with Crippen molar-refractivity contribution in [2.45, 2.75) is 50.8 Å². The third-order valence-corrected chi connectivity index (χ3v) is 6.91.